The fourth-order valence-corrected chi connectivity index (χ4v) is 2.30. The second kappa shape index (κ2) is 9.28. The van der Waals surface area contributed by atoms with Gasteiger partial charge in [0.1, 0.15) is 5.69 Å². The summed E-state index contributed by atoms with van der Waals surface area (Å²) < 4.78 is 22.8. The molecule has 1 rings (SSSR count). The lowest BCUT2D eigenvalue weighted by atomic mass is 10.2. The zero-order chi connectivity index (χ0) is 16.8. The lowest BCUT2D eigenvalue weighted by Crippen LogP contribution is -2.30. The number of nitrogens with one attached hydrogen (secondary N) is 2. The van der Waals surface area contributed by atoms with Crippen molar-refractivity contribution in [3.05, 3.63) is 28.3 Å². The maximum Gasteiger partial charge on any atom is 0.293 e. The minimum absolute atomic E-state index is 0. The van der Waals surface area contributed by atoms with Gasteiger partial charge < -0.3 is 16.4 Å². The quantitative estimate of drug-likeness (QED) is 0.340. The van der Waals surface area contributed by atoms with Gasteiger partial charge in [0.2, 0.25) is 5.91 Å². The van der Waals surface area contributed by atoms with Crippen LogP contribution < -0.4 is 16.4 Å². The molecule has 0 saturated heterocycles. The summed E-state index contributed by atoms with van der Waals surface area (Å²) in [6.45, 7) is 0.775. The summed E-state index contributed by atoms with van der Waals surface area (Å²) in [6, 6.07) is 3.62. The summed E-state index contributed by atoms with van der Waals surface area (Å²) in [7, 11) is -3.52. The molecule has 0 bridgehead atoms. The Labute approximate surface area is 140 Å². The number of anilines is 1. The molecular weight excluding hydrogens is 348 g/mol. The second-order valence-corrected chi connectivity index (χ2v) is 6.54. The van der Waals surface area contributed by atoms with E-state index in [2.05, 4.69) is 10.6 Å². The van der Waals surface area contributed by atoms with Gasteiger partial charge in [0, 0.05) is 38.4 Å². The van der Waals surface area contributed by atoms with Crippen LogP contribution in [0.1, 0.15) is 6.42 Å². The van der Waals surface area contributed by atoms with Gasteiger partial charge in [-0.1, -0.05) is 0 Å². The standard InChI is InChI=1S/C12H18N4O5S.ClH/c1-22(20,21)9-2-3-10(11(8-9)16(18)19)14-6-7-15-12(17)4-5-13;/h2-3,8,14H,4-7,13H2,1H3,(H,15,17);1H. The van der Waals surface area contributed by atoms with Crippen LogP contribution >= 0.6 is 12.4 Å². The number of amides is 1. The number of hydrogen-bond donors (Lipinski definition) is 3. The fourth-order valence-electron chi connectivity index (χ4n) is 1.66. The molecule has 0 fully saturated rings. The number of sulfone groups is 1. The van der Waals surface area contributed by atoms with Crippen LogP contribution in [-0.4, -0.2) is 45.1 Å². The summed E-state index contributed by atoms with van der Waals surface area (Å²) >= 11 is 0. The highest BCUT2D eigenvalue weighted by atomic mass is 35.5. The summed E-state index contributed by atoms with van der Waals surface area (Å²) in [5, 5.41) is 16.4. The van der Waals surface area contributed by atoms with Crippen LogP contribution in [0.15, 0.2) is 23.1 Å². The SMILES string of the molecule is CS(=O)(=O)c1ccc(NCCNC(=O)CCN)c([N+](=O)[O-])c1.Cl. The van der Waals surface area contributed by atoms with Crippen LogP contribution in [0.3, 0.4) is 0 Å². The Hall–Kier alpha value is -1.91. The number of carbonyl (C=O) groups is 1. The van der Waals surface area contributed by atoms with Crippen LogP contribution in [0.25, 0.3) is 0 Å². The minimum Gasteiger partial charge on any atom is -0.378 e. The molecule has 9 nitrogen and oxygen atoms in total. The lowest BCUT2D eigenvalue weighted by Gasteiger charge is -2.09. The first-order valence-corrected chi connectivity index (χ1v) is 8.34. The maximum atomic E-state index is 11.4. The van der Waals surface area contributed by atoms with E-state index in [1.54, 1.807) is 0 Å². The monoisotopic (exact) mass is 366 g/mol. The molecule has 0 saturated carbocycles. The van der Waals surface area contributed by atoms with Crippen LogP contribution in [0.5, 0.6) is 0 Å². The molecule has 4 N–H and O–H groups in total. The average Bonchev–Trinajstić information content (AvgIpc) is 2.42. The number of nitro benzene ring substituents is 1. The first-order valence-electron chi connectivity index (χ1n) is 6.45. The Bertz CT molecular complexity index is 665. The molecular formula is C12H19ClN4O5S. The molecule has 0 radical (unpaired) electrons. The van der Waals surface area contributed by atoms with Gasteiger partial charge in [0.15, 0.2) is 9.84 Å². The van der Waals surface area contributed by atoms with E-state index in [1.165, 1.54) is 12.1 Å². The van der Waals surface area contributed by atoms with E-state index in [0.717, 1.165) is 12.3 Å². The van der Waals surface area contributed by atoms with E-state index in [0.29, 0.717) is 0 Å². The van der Waals surface area contributed by atoms with Gasteiger partial charge in [-0.15, -0.1) is 12.4 Å². The molecule has 1 amide bonds. The zero-order valence-corrected chi connectivity index (χ0v) is 14.1. The van der Waals surface area contributed by atoms with E-state index >= 15 is 0 Å². The van der Waals surface area contributed by atoms with Gasteiger partial charge in [-0.2, -0.15) is 0 Å². The molecule has 130 valence electrons. The van der Waals surface area contributed by atoms with Crippen molar-refractivity contribution in [2.75, 3.05) is 31.2 Å². The van der Waals surface area contributed by atoms with E-state index in [1.807, 2.05) is 0 Å². The largest absolute Gasteiger partial charge is 0.378 e. The van der Waals surface area contributed by atoms with Gasteiger partial charge in [0.25, 0.3) is 5.69 Å². The molecule has 0 aliphatic heterocycles. The van der Waals surface area contributed by atoms with Crippen molar-refractivity contribution >= 4 is 39.5 Å². The highest BCUT2D eigenvalue weighted by molar-refractivity contribution is 7.90. The third-order valence-electron chi connectivity index (χ3n) is 2.73. The van der Waals surface area contributed by atoms with E-state index in [4.69, 9.17) is 5.73 Å². The first-order chi connectivity index (χ1) is 10.3. The third-order valence-corrected chi connectivity index (χ3v) is 3.84. The molecule has 0 spiro atoms. The minimum atomic E-state index is -3.52. The van der Waals surface area contributed by atoms with Crippen molar-refractivity contribution in [2.45, 2.75) is 11.3 Å². The number of hydrogen-bond acceptors (Lipinski definition) is 7. The molecule has 0 aromatic heterocycles. The summed E-state index contributed by atoms with van der Waals surface area (Å²) in [5.41, 5.74) is 5.08. The predicted octanol–water partition coefficient (Wildman–Crippen LogP) is 0.297. The molecule has 0 aliphatic carbocycles. The van der Waals surface area contributed by atoms with Crippen LogP contribution in [0.4, 0.5) is 11.4 Å². The van der Waals surface area contributed by atoms with E-state index < -0.39 is 14.8 Å². The van der Waals surface area contributed by atoms with Crippen molar-refractivity contribution in [1.82, 2.24) is 5.32 Å². The number of halogens is 1. The van der Waals surface area contributed by atoms with Gasteiger partial charge in [0.05, 0.1) is 9.82 Å². The Morgan fingerprint density at radius 3 is 2.52 bits per heavy atom. The number of nitrogens with zero attached hydrogens (tertiary/aromatic N) is 1. The van der Waals surface area contributed by atoms with E-state index in [9.17, 15) is 23.3 Å². The molecule has 23 heavy (non-hydrogen) atoms. The molecule has 0 atom stereocenters. The highest BCUT2D eigenvalue weighted by Crippen LogP contribution is 2.27. The Morgan fingerprint density at radius 1 is 1.35 bits per heavy atom. The summed E-state index contributed by atoms with van der Waals surface area (Å²) in [4.78, 5) is 21.4. The Kier molecular flexibility index (Phi) is 8.51. The third kappa shape index (κ3) is 6.80. The number of rotatable bonds is 8. The van der Waals surface area contributed by atoms with Gasteiger partial charge >= 0.3 is 0 Å². The first kappa shape index (κ1) is 21.1. The van der Waals surface area contributed by atoms with Gasteiger partial charge in [-0.05, 0) is 12.1 Å². The number of carbonyl (C=O) groups excluding carboxylic acids is 1. The molecule has 1 aromatic rings. The Morgan fingerprint density at radius 2 is 2.00 bits per heavy atom. The zero-order valence-electron chi connectivity index (χ0n) is 12.4. The molecule has 0 unspecified atom stereocenters. The van der Waals surface area contributed by atoms with Crippen molar-refractivity contribution in [3.63, 3.8) is 0 Å². The Balaban J connectivity index is 0.00000484. The summed E-state index contributed by atoms with van der Waals surface area (Å²) in [6.07, 6.45) is 1.19. The summed E-state index contributed by atoms with van der Waals surface area (Å²) in [5.74, 6) is -0.203. The predicted molar refractivity (Wildman–Crippen MR) is 88.6 cm³/mol. The highest BCUT2D eigenvalue weighted by Gasteiger charge is 2.18. The van der Waals surface area contributed by atoms with E-state index in [-0.39, 0.29) is 60.6 Å². The lowest BCUT2D eigenvalue weighted by molar-refractivity contribution is -0.384. The smallest absolute Gasteiger partial charge is 0.293 e. The van der Waals surface area contributed by atoms with Crippen molar-refractivity contribution in [3.8, 4) is 0 Å². The molecule has 0 aliphatic rings. The van der Waals surface area contributed by atoms with Crippen LogP contribution in [0, 0.1) is 10.1 Å². The normalized spacial score (nSPS) is 10.5. The topological polar surface area (TPSA) is 144 Å². The molecule has 1 aromatic carbocycles. The second-order valence-electron chi connectivity index (χ2n) is 4.52. The molecule has 11 heteroatoms. The van der Waals surface area contributed by atoms with Crippen molar-refractivity contribution in [1.29, 1.82) is 0 Å². The van der Waals surface area contributed by atoms with Gasteiger partial charge in [-0.25, -0.2) is 8.42 Å². The average molecular weight is 367 g/mol. The maximum absolute atomic E-state index is 11.4. The van der Waals surface area contributed by atoms with Gasteiger partial charge in [-0.3, -0.25) is 14.9 Å². The van der Waals surface area contributed by atoms with Crippen molar-refractivity contribution < 1.29 is 18.1 Å². The van der Waals surface area contributed by atoms with Crippen LogP contribution in [-0.2, 0) is 14.6 Å². The van der Waals surface area contributed by atoms with Crippen LogP contribution in [0.2, 0.25) is 0 Å². The van der Waals surface area contributed by atoms with Crippen molar-refractivity contribution in [2.24, 2.45) is 5.73 Å². The fraction of sp³-hybridized carbons (Fsp3) is 0.417. The molecule has 0 heterocycles. The number of benzene rings is 1. The number of nitrogens with two attached hydrogens (primary N) is 1. The number of nitro groups is 1.